The van der Waals surface area contributed by atoms with Gasteiger partial charge < -0.3 is 4.90 Å². The molecule has 2 aromatic carbocycles. The van der Waals surface area contributed by atoms with Gasteiger partial charge in [-0.05, 0) is 56.0 Å². The van der Waals surface area contributed by atoms with Crippen molar-refractivity contribution in [2.45, 2.75) is 26.7 Å². The van der Waals surface area contributed by atoms with Gasteiger partial charge in [-0.2, -0.15) is 5.10 Å². The molecule has 140 valence electrons. The average Bonchev–Trinajstić information content (AvgIpc) is 3.28. The summed E-state index contributed by atoms with van der Waals surface area (Å²) in [6, 6.07) is 18.5. The van der Waals surface area contributed by atoms with Crippen molar-refractivity contribution in [3.8, 4) is 5.69 Å². The summed E-state index contributed by atoms with van der Waals surface area (Å²) in [5, 5.41) is 5.79. The highest BCUT2D eigenvalue weighted by molar-refractivity contribution is 7.20. The lowest BCUT2D eigenvalue weighted by Gasteiger charge is -2.29. The van der Waals surface area contributed by atoms with E-state index in [9.17, 15) is 4.79 Å². The summed E-state index contributed by atoms with van der Waals surface area (Å²) in [6.45, 7) is 4.86. The van der Waals surface area contributed by atoms with E-state index in [-0.39, 0.29) is 5.91 Å². The van der Waals surface area contributed by atoms with E-state index in [1.165, 1.54) is 16.9 Å². The minimum Gasteiger partial charge on any atom is -0.307 e. The lowest BCUT2D eigenvalue weighted by Crippen LogP contribution is -2.34. The molecule has 0 saturated heterocycles. The smallest absolute Gasteiger partial charge is 0.268 e. The van der Waals surface area contributed by atoms with Gasteiger partial charge in [0.05, 0.1) is 16.3 Å². The second kappa shape index (κ2) is 6.60. The summed E-state index contributed by atoms with van der Waals surface area (Å²) in [5.74, 6) is 0.0871. The van der Waals surface area contributed by atoms with Gasteiger partial charge in [-0.3, -0.25) is 4.79 Å². The number of benzene rings is 2. The standard InChI is InChI=1S/C23H21N3OS/c1-15-8-3-5-11-19(15)26-23-18(16(2)24-26)14-21(28-23)22(27)25-13-7-10-17-9-4-6-12-20(17)25/h3-6,8-9,11-12,14H,7,10,13H2,1-2H3. The van der Waals surface area contributed by atoms with E-state index in [0.717, 1.165) is 57.1 Å². The fraction of sp³-hybridized carbons (Fsp3) is 0.217. The number of rotatable bonds is 2. The molecule has 3 heterocycles. The summed E-state index contributed by atoms with van der Waals surface area (Å²) >= 11 is 1.53. The number of carbonyl (C=O) groups is 1. The Labute approximate surface area is 168 Å². The van der Waals surface area contributed by atoms with Crippen molar-refractivity contribution in [3.05, 3.63) is 76.3 Å². The number of amides is 1. The fourth-order valence-electron chi connectivity index (χ4n) is 3.99. The number of fused-ring (bicyclic) bond motifs is 2. The van der Waals surface area contributed by atoms with E-state index in [1.54, 1.807) is 0 Å². The van der Waals surface area contributed by atoms with Gasteiger partial charge in [0.1, 0.15) is 4.83 Å². The number of hydrogen-bond donors (Lipinski definition) is 0. The van der Waals surface area contributed by atoms with Crippen LogP contribution in [0.1, 0.15) is 32.9 Å². The first-order valence-corrected chi connectivity index (χ1v) is 10.4. The van der Waals surface area contributed by atoms with E-state index < -0.39 is 0 Å². The van der Waals surface area contributed by atoms with Crippen molar-refractivity contribution < 1.29 is 4.79 Å². The lowest BCUT2D eigenvalue weighted by atomic mass is 10.0. The van der Waals surface area contributed by atoms with Crippen LogP contribution in [0.25, 0.3) is 15.9 Å². The van der Waals surface area contributed by atoms with Crippen molar-refractivity contribution in [3.63, 3.8) is 0 Å². The van der Waals surface area contributed by atoms with E-state index >= 15 is 0 Å². The molecule has 28 heavy (non-hydrogen) atoms. The molecule has 0 radical (unpaired) electrons. The number of nitrogens with zero attached hydrogens (tertiary/aromatic N) is 3. The van der Waals surface area contributed by atoms with Gasteiger partial charge in [-0.1, -0.05) is 36.4 Å². The topological polar surface area (TPSA) is 38.1 Å². The molecule has 0 N–H and O–H groups in total. The number of aryl methyl sites for hydroxylation is 3. The maximum atomic E-state index is 13.4. The Kier molecular flexibility index (Phi) is 4.05. The third kappa shape index (κ3) is 2.66. The normalized spacial score (nSPS) is 13.7. The number of aromatic nitrogens is 2. The average molecular weight is 388 g/mol. The van der Waals surface area contributed by atoms with Gasteiger partial charge in [0.2, 0.25) is 0 Å². The molecular weight excluding hydrogens is 366 g/mol. The van der Waals surface area contributed by atoms with E-state index in [0.29, 0.717) is 0 Å². The van der Waals surface area contributed by atoms with Crippen molar-refractivity contribution in [2.24, 2.45) is 0 Å². The quantitative estimate of drug-likeness (QED) is 0.468. The van der Waals surface area contributed by atoms with Crippen LogP contribution in [0.5, 0.6) is 0 Å². The van der Waals surface area contributed by atoms with Crippen LogP contribution in [-0.2, 0) is 6.42 Å². The third-order valence-corrected chi connectivity index (χ3v) is 6.55. The molecule has 0 aliphatic carbocycles. The Hall–Kier alpha value is -2.92. The molecule has 5 rings (SSSR count). The summed E-state index contributed by atoms with van der Waals surface area (Å²) in [5.41, 5.74) is 5.48. The molecule has 5 heteroatoms. The first-order chi connectivity index (χ1) is 13.6. The number of thiophene rings is 1. The molecule has 1 aliphatic rings. The van der Waals surface area contributed by atoms with Crippen LogP contribution in [0.2, 0.25) is 0 Å². The lowest BCUT2D eigenvalue weighted by molar-refractivity contribution is 0.0989. The molecule has 4 nitrogen and oxygen atoms in total. The van der Waals surface area contributed by atoms with E-state index in [4.69, 9.17) is 5.10 Å². The van der Waals surface area contributed by atoms with E-state index in [2.05, 4.69) is 31.2 Å². The predicted octanol–water partition coefficient (Wildman–Crippen LogP) is 5.30. The van der Waals surface area contributed by atoms with Crippen LogP contribution >= 0.6 is 11.3 Å². The molecular formula is C23H21N3OS. The van der Waals surface area contributed by atoms with Gasteiger partial charge in [0.25, 0.3) is 5.91 Å². The minimum absolute atomic E-state index is 0.0871. The molecule has 0 saturated carbocycles. The molecule has 2 aromatic heterocycles. The number of para-hydroxylation sites is 2. The summed E-state index contributed by atoms with van der Waals surface area (Å²) in [4.78, 5) is 17.1. The Morgan fingerprint density at radius 1 is 1.04 bits per heavy atom. The number of anilines is 1. The van der Waals surface area contributed by atoms with Crippen molar-refractivity contribution in [2.75, 3.05) is 11.4 Å². The molecule has 0 unspecified atom stereocenters. The SMILES string of the molecule is Cc1ccccc1-n1nc(C)c2cc(C(=O)N3CCCc4ccccc43)sc21. The van der Waals surface area contributed by atoms with Gasteiger partial charge in [0.15, 0.2) is 0 Å². The van der Waals surface area contributed by atoms with Crippen LogP contribution in [0, 0.1) is 13.8 Å². The Morgan fingerprint density at radius 2 is 1.79 bits per heavy atom. The van der Waals surface area contributed by atoms with Gasteiger partial charge >= 0.3 is 0 Å². The zero-order chi connectivity index (χ0) is 19.3. The predicted molar refractivity (Wildman–Crippen MR) is 115 cm³/mol. The molecule has 0 spiro atoms. The van der Waals surface area contributed by atoms with Crippen LogP contribution in [0.15, 0.2) is 54.6 Å². The maximum Gasteiger partial charge on any atom is 0.268 e. The molecule has 4 aromatic rings. The van der Waals surface area contributed by atoms with Gasteiger partial charge in [-0.15, -0.1) is 11.3 Å². The Morgan fingerprint density at radius 3 is 2.61 bits per heavy atom. The molecule has 0 atom stereocenters. The molecule has 1 aliphatic heterocycles. The zero-order valence-corrected chi connectivity index (χ0v) is 16.8. The second-order valence-corrected chi connectivity index (χ2v) is 8.33. The van der Waals surface area contributed by atoms with E-state index in [1.807, 2.05) is 46.8 Å². The monoisotopic (exact) mass is 387 g/mol. The fourth-order valence-corrected chi connectivity index (χ4v) is 5.12. The zero-order valence-electron chi connectivity index (χ0n) is 16.0. The Bertz CT molecular complexity index is 1200. The molecule has 1 amide bonds. The Balaban J connectivity index is 1.59. The largest absolute Gasteiger partial charge is 0.307 e. The molecule has 0 fully saturated rings. The van der Waals surface area contributed by atoms with Crippen LogP contribution < -0.4 is 4.90 Å². The van der Waals surface area contributed by atoms with Crippen molar-refractivity contribution in [1.29, 1.82) is 0 Å². The first-order valence-electron chi connectivity index (χ1n) is 9.58. The maximum absolute atomic E-state index is 13.4. The minimum atomic E-state index is 0.0871. The van der Waals surface area contributed by atoms with Crippen LogP contribution in [-0.4, -0.2) is 22.2 Å². The summed E-state index contributed by atoms with van der Waals surface area (Å²) in [6.07, 6.45) is 2.04. The second-order valence-electron chi connectivity index (χ2n) is 7.30. The summed E-state index contributed by atoms with van der Waals surface area (Å²) in [7, 11) is 0. The van der Waals surface area contributed by atoms with Gasteiger partial charge in [-0.25, -0.2) is 4.68 Å². The third-order valence-electron chi connectivity index (χ3n) is 5.45. The number of hydrogen-bond acceptors (Lipinski definition) is 3. The van der Waals surface area contributed by atoms with Crippen LogP contribution in [0.4, 0.5) is 5.69 Å². The highest BCUT2D eigenvalue weighted by Gasteiger charge is 2.26. The molecule has 0 bridgehead atoms. The first kappa shape index (κ1) is 17.2. The number of carbonyl (C=O) groups excluding carboxylic acids is 1. The highest BCUT2D eigenvalue weighted by Crippen LogP contribution is 2.34. The van der Waals surface area contributed by atoms with Gasteiger partial charge in [0, 0.05) is 17.6 Å². The van der Waals surface area contributed by atoms with Crippen molar-refractivity contribution in [1.82, 2.24) is 9.78 Å². The summed E-state index contributed by atoms with van der Waals surface area (Å²) < 4.78 is 1.98. The van der Waals surface area contributed by atoms with Crippen LogP contribution in [0.3, 0.4) is 0 Å². The van der Waals surface area contributed by atoms with Crippen molar-refractivity contribution >= 4 is 33.1 Å². The highest BCUT2D eigenvalue weighted by atomic mass is 32.1.